The molecule has 1 aromatic carbocycles. The molecule has 0 aromatic heterocycles. The molecular formula is C15H19BrN2O3. The standard InChI is InChI=1S/C15H19BrN2O3/c1-10-8-12(18(20)21)6-7-13(10)15(19)17-14-5-3-2-4-11(14)9-16/h6-8,11,14H,2-5,9H2,1H3,(H,17,19). The van der Waals surface area contributed by atoms with E-state index in [2.05, 4.69) is 21.2 Å². The van der Waals surface area contributed by atoms with Crippen LogP contribution in [0.3, 0.4) is 0 Å². The van der Waals surface area contributed by atoms with E-state index in [0.717, 1.165) is 24.6 Å². The van der Waals surface area contributed by atoms with E-state index in [1.165, 1.54) is 24.6 Å². The minimum atomic E-state index is -0.448. The number of carbonyl (C=O) groups excluding carboxylic acids is 1. The second kappa shape index (κ2) is 7.02. The topological polar surface area (TPSA) is 72.2 Å². The minimum absolute atomic E-state index is 0.0139. The molecule has 0 radical (unpaired) electrons. The number of benzene rings is 1. The Morgan fingerprint density at radius 3 is 2.76 bits per heavy atom. The molecule has 1 aliphatic carbocycles. The second-order valence-electron chi connectivity index (χ2n) is 5.54. The molecule has 1 saturated carbocycles. The van der Waals surface area contributed by atoms with Crippen LogP contribution in [-0.2, 0) is 0 Å². The van der Waals surface area contributed by atoms with Crippen molar-refractivity contribution >= 4 is 27.5 Å². The molecule has 114 valence electrons. The molecule has 21 heavy (non-hydrogen) atoms. The van der Waals surface area contributed by atoms with E-state index in [4.69, 9.17) is 0 Å². The van der Waals surface area contributed by atoms with E-state index in [1.807, 2.05) is 0 Å². The van der Waals surface area contributed by atoms with Crippen LogP contribution in [0.15, 0.2) is 18.2 Å². The quantitative estimate of drug-likeness (QED) is 0.510. The lowest BCUT2D eigenvalue weighted by Crippen LogP contribution is -2.42. The van der Waals surface area contributed by atoms with Crippen molar-refractivity contribution in [1.82, 2.24) is 5.32 Å². The Labute approximate surface area is 132 Å². The Bertz CT molecular complexity index is 548. The Morgan fingerprint density at radius 2 is 2.14 bits per heavy atom. The SMILES string of the molecule is Cc1cc([N+](=O)[O-])ccc1C(=O)NC1CCCCC1CBr. The highest BCUT2D eigenvalue weighted by Gasteiger charge is 2.26. The van der Waals surface area contributed by atoms with Crippen molar-refractivity contribution in [3.05, 3.63) is 39.4 Å². The molecule has 0 spiro atoms. The molecule has 0 heterocycles. The summed E-state index contributed by atoms with van der Waals surface area (Å²) in [6.45, 7) is 1.73. The van der Waals surface area contributed by atoms with E-state index < -0.39 is 4.92 Å². The molecule has 0 bridgehead atoms. The number of nitrogens with one attached hydrogen (secondary N) is 1. The highest BCUT2D eigenvalue weighted by Crippen LogP contribution is 2.26. The van der Waals surface area contributed by atoms with Gasteiger partial charge in [-0.2, -0.15) is 0 Å². The van der Waals surface area contributed by atoms with Gasteiger partial charge in [-0.3, -0.25) is 14.9 Å². The second-order valence-corrected chi connectivity index (χ2v) is 6.18. The van der Waals surface area contributed by atoms with Crippen LogP contribution in [0.2, 0.25) is 0 Å². The Hall–Kier alpha value is -1.43. The molecule has 6 heteroatoms. The fourth-order valence-electron chi connectivity index (χ4n) is 2.84. The van der Waals surface area contributed by atoms with Gasteiger partial charge >= 0.3 is 0 Å². The third-order valence-electron chi connectivity index (χ3n) is 4.09. The number of rotatable bonds is 4. The lowest BCUT2D eigenvalue weighted by Gasteiger charge is -2.31. The molecule has 0 saturated heterocycles. The smallest absolute Gasteiger partial charge is 0.269 e. The summed E-state index contributed by atoms with van der Waals surface area (Å²) in [7, 11) is 0. The van der Waals surface area contributed by atoms with Crippen molar-refractivity contribution < 1.29 is 9.72 Å². The van der Waals surface area contributed by atoms with Gasteiger partial charge in [-0.25, -0.2) is 0 Å². The van der Waals surface area contributed by atoms with E-state index in [0.29, 0.717) is 17.0 Å². The first-order valence-corrected chi connectivity index (χ1v) is 8.27. The van der Waals surface area contributed by atoms with Crippen molar-refractivity contribution in [2.75, 3.05) is 5.33 Å². The highest BCUT2D eigenvalue weighted by molar-refractivity contribution is 9.09. The fraction of sp³-hybridized carbons (Fsp3) is 0.533. The van der Waals surface area contributed by atoms with E-state index in [1.54, 1.807) is 6.92 Å². The maximum Gasteiger partial charge on any atom is 0.269 e. The van der Waals surface area contributed by atoms with E-state index >= 15 is 0 Å². The van der Waals surface area contributed by atoms with Crippen molar-refractivity contribution in [2.24, 2.45) is 5.92 Å². The van der Waals surface area contributed by atoms with Gasteiger partial charge in [-0.05, 0) is 37.3 Å². The summed E-state index contributed by atoms with van der Waals surface area (Å²) in [5.41, 5.74) is 1.16. The lowest BCUT2D eigenvalue weighted by molar-refractivity contribution is -0.384. The summed E-state index contributed by atoms with van der Waals surface area (Å²) in [4.78, 5) is 22.7. The number of non-ortho nitro benzene ring substituents is 1. The average Bonchev–Trinajstić information content (AvgIpc) is 2.47. The van der Waals surface area contributed by atoms with Gasteiger partial charge in [-0.1, -0.05) is 28.8 Å². The number of hydrogen-bond donors (Lipinski definition) is 1. The van der Waals surface area contributed by atoms with E-state index in [9.17, 15) is 14.9 Å². The normalized spacial score (nSPS) is 21.8. The lowest BCUT2D eigenvalue weighted by atomic mass is 9.85. The maximum absolute atomic E-state index is 12.4. The highest BCUT2D eigenvalue weighted by atomic mass is 79.9. The summed E-state index contributed by atoms with van der Waals surface area (Å²) >= 11 is 3.51. The predicted octanol–water partition coefficient (Wildman–Crippen LogP) is 3.59. The number of carbonyl (C=O) groups is 1. The summed E-state index contributed by atoms with van der Waals surface area (Å²) in [5.74, 6) is 0.321. The number of halogens is 1. The maximum atomic E-state index is 12.4. The molecule has 1 aliphatic rings. The van der Waals surface area contributed by atoms with Gasteiger partial charge in [0.15, 0.2) is 0 Å². The van der Waals surface area contributed by atoms with Crippen LogP contribution in [0.4, 0.5) is 5.69 Å². The average molecular weight is 355 g/mol. The van der Waals surface area contributed by atoms with Crippen LogP contribution in [0, 0.1) is 23.0 Å². The zero-order valence-corrected chi connectivity index (χ0v) is 13.6. The Morgan fingerprint density at radius 1 is 1.43 bits per heavy atom. The molecule has 1 N–H and O–H groups in total. The third kappa shape index (κ3) is 3.81. The summed E-state index contributed by atoms with van der Waals surface area (Å²) in [5, 5.41) is 14.7. The van der Waals surface area contributed by atoms with Crippen LogP contribution < -0.4 is 5.32 Å². The first-order chi connectivity index (χ1) is 10.0. The van der Waals surface area contributed by atoms with Crippen LogP contribution in [0.5, 0.6) is 0 Å². The van der Waals surface area contributed by atoms with Crippen molar-refractivity contribution in [2.45, 2.75) is 38.6 Å². The summed E-state index contributed by atoms with van der Waals surface area (Å²) < 4.78 is 0. The molecule has 1 amide bonds. The van der Waals surface area contributed by atoms with Gasteiger partial charge in [0.1, 0.15) is 0 Å². The number of nitro benzene ring substituents is 1. The van der Waals surface area contributed by atoms with Gasteiger partial charge in [0.05, 0.1) is 4.92 Å². The van der Waals surface area contributed by atoms with Crippen molar-refractivity contribution in [3.8, 4) is 0 Å². The number of alkyl halides is 1. The Kier molecular flexibility index (Phi) is 5.33. The number of nitrogens with zero attached hydrogens (tertiary/aromatic N) is 1. The largest absolute Gasteiger partial charge is 0.349 e. The molecule has 2 rings (SSSR count). The van der Waals surface area contributed by atoms with Crippen molar-refractivity contribution in [3.63, 3.8) is 0 Å². The Balaban J connectivity index is 2.11. The van der Waals surface area contributed by atoms with Crippen LogP contribution in [0.1, 0.15) is 41.6 Å². The van der Waals surface area contributed by atoms with Crippen LogP contribution in [-0.4, -0.2) is 22.2 Å². The van der Waals surface area contributed by atoms with Gasteiger partial charge < -0.3 is 5.32 Å². The minimum Gasteiger partial charge on any atom is -0.349 e. The van der Waals surface area contributed by atoms with Crippen LogP contribution >= 0.6 is 15.9 Å². The number of amides is 1. The predicted molar refractivity (Wildman–Crippen MR) is 84.8 cm³/mol. The molecular weight excluding hydrogens is 336 g/mol. The number of nitro groups is 1. The molecule has 5 nitrogen and oxygen atoms in total. The van der Waals surface area contributed by atoms with Gasteiger partial charge in [0.25, 0.3) is 11.6 Å². The summed E-state index contributed by atoms with van der Waals surface area (Å²) in [6, 6.07) is 4.54. The van der Waals surface area contributed by atoms with Gasteiger partial charge in [0, 0.05) is 29.1 Å². The molecule has 0 aliphatic heterocycles. The van der Waals surface area contributed by atoms with E-state index in [-0.39, 0.29) is 17.6 Å². The molecule has 1 fully saturated rings. The number of hydrogen-bond acceptors (Lipinski definition) is 3. The zero-order valence-electron chi connectivity index (χ0n) is 12.0. The third-order valence-corrected chi connectivity index (χ3v) is 4.92. The first kappa shape index (κ1) is 15.9. The number of aryl methyl sites for hydroxylation is 1. The molecule has 2 atom stereocenters. The molecule has 2 unspecified atom stereocenters. The first-order valence-electron chi connectivity index (χ1n) is 7.14. The van der Waals surface area contributed by atoms with Gasteiger partial charge in [0.2, 0.25) is 0 Å². The van der Waals surface area contributed by atoms with Crippen molar-refractivity contribution in [1.29, 1.82) is 0 Å². The summed E-state index contributed by atoms with van der Waals surface area (Å²) in [6.07, 6.45) is 4.45. The monoisotopic (exact) mass is 354 g/mol. The fourth-order valence-corrected chi connectivity index (χ4v) is 3.62. The molecule has 1 aromatic rings. The van der Waals surface area contributed by atoms with Gasteiger partial charge in [-0.15, -0.1) is 0 Å². The zero-order chi connectivity index (χ0) is 15.4. The van der Waals surface area contributed by atoms with Crippen LogP contribution in [0.25, 0.3) is 0 Å².